The molecule has 1 atom stereocenters. The fourth-order valence-electron chi connectivity index (χ4n) is 4.68. The lowest BCUT2D eigenvalue weighted by Crippen LogP contribution is -2.64. The SMILES string of the molecule is CCCCCCCCC=CCCCCCCCCCCCC(=O)NC(CC)C[N+](C)(C)C(C)(C)C(=O)O. The zero-order chi connectivity index (χ0) is 28.0. The second kappa shape index (κ2) is 21.6. The van der Waals surface area contributed by atoms with E-state index in [-0.39, 0.29) is 11.9 Å². The first-order valence-electron chi connectivity index (χ1n) is 15.6. The highest BCUT2D eigenvalue weighted by atomic mass is 16.4. The number of quaternary nitrogens is 1. The van der Waals surface area contributed by atoms with E-state index in [1.165, 1.54) is 96.3 Å². The monoisotopic (exact) mass is 523 g/mol. The Morgan fingerprint density at radius 2 is 1.19 bits per heavy atom. The van der Waals surface area contributed by atoms with Crippen molar-refractivity contribution in [2.75, 3.05) is 20.6 Å². The fourth-order valence-corrected chi connectivity index (χ4v) is 4.68. The summed E-state index contributed by atoms with van der Waals surface area (Å²) in [5, 5.41) is 12.7. The first-order chi connectivity index (χ1) is 17.6. The maximum absolute atomic E-state index is 12.4. The molecule has 0 aliphatic rings. The minimum atomic E-state index is -0.901. The molecule has 0 aromatic rings. The van der Waals surface area contributed by atoms with E-state index in [0.29, 0.717) is 17.4 Å². The van der Waals surface area contributed by atoms with Gasteiger partial charge < -0.3 is 14.9 Å². The summed E-state index contributed by atoms with van der Waals surface area (Å²) >= 11 is 0. The van der Waals surface area contributed by atoms with Gasteiger partial charge in [0.05, 0.1) is 26.7 Å². The Bertz CT molecular complexity index is 613. The van der Waals surface area contributed by atoms with Crippen molar-refractivity contribution in [1.82, 2.24) is 5.32 Å². The summed E-state index contributed by atoms with van der Waals surface area (Å²) < 4.78 is 0.330. The van der Waals surface area contributed by atoms with Crippen LogP contribution in [0.2, 0.25) is 0 Å². The lowest BCUT2D eigenvalue weighted by atomic mass is 9.99. The van der Waals surface area contributed by atoms with Crippen molar-refractivity contribution < 1.29 is 19.2 Å². The van der Waals surface area contributed by atoms with Gasteiger partial charge in [0.15, 0.2) is 5.54 Å². The van der Waals surface area contributed by atoms with Gasteiger partial charge in [-0.3, -0.25) is 4.79 Å². The van der Waals surface area contributed by atoms with Crippen molar-refractivity contribution in [3.8, 4) is 0 Å². The third-order valence-electron chi connectivity index (χ3n) is 8.24. The molecule has 2 N–H and O–H groups in total. The van der Waals surface area contributed by atoms with E-state index in [2.05, 4.69) is 24.4 Å². The van der Waals surface area contributed by atoms with Gasteiger partial charge in [0, 0.05) is 20.3 Å². The zero-order valence-corrected chi connectivity index (χ0v) is 25.6. The largest absolute Gasteiger partial charge is 0.477 e. The molecule has 0 aromatic heterocycles. The van der Waals surface area contributed by atoms with Crippen LogP contribution >= 0.6 is 0 Å². The number of carbonyl (C=O) groups excluding carboxylic acids is 1. The third-order valence-corrected chi connectivity index (χ3v) is 8.24. The highest BCUT2D eigenvalue weighted by Gasteiger charge is 2.44. The van der Waals surface area contributed by atoms with Crippen LogP contribution in [0.25, 0.3) is 0 Å². The number of carbonyl (C=O) groups is 2. The van der Waals surface area contributed by atoms with Crippen LogP contribution in [-0.2, 0) is 9.59 Å². The molecular formula is C32H63N2O3+. The zero-order valence-electron chi connectivity index (χ0n) is 25.6. The van der Waals surface area contributed by atoms with Gasteiger partial charge in [-0.2, -0.15) is 0 Å². The van der Waals surface area contributed by atoms with E-state index in [1.807, 2.05) is 21.0 Å². The molecule has 0 aliphatic carbocycles. The summed E-state index contributed by atoms with van der Waals surface area (Å²) in [6.07, 6.45) is 28.1. The lowest BCUT2D eigenvalue weighted by Gasteiger charge is -2.43. The van der Waals surface area contributed by atoms with Crippen molar-refractivity contribution in [1.29, 1.82) is 0 Å². The summed E-state index contributed by atoms with van der Waals surface area (Å²) in [4.78, 5) is 24.1. The molecule has 1 unspecified atom stereocenters. The number of hydrogen-bond acceptors (Lipinski definition) is 2. The Balaban J connectivity index is 3.69. The van der Waals surface area contributed by atoms with E-state index >= 15 is 0 Å². The van der Waals surface area contributed by atoms with Crippen molar-refractivity contribution in [3.63, 3.8) is 0 Å². The molecule has 0 fully saturated rings. The van der Waals surface area contributed by atoms with E-state index in [1.54, 1.807) is 13.8 Å². The summed E-state index contributed by atoms with van der Waals surface area (Å²) in [5.41, 5.74) is -0.901. The van der Waals surface area contributed by atoms with Crippen molar-refractivity contribution in [2.45, 2.75) is 161 Å². The number of allylic oxidation sites excluding steroid dienone is 2. The van der Waals surface area contributed by atoms with Crippen LogP contribution in [0.1, 0.15) is 150 Å². The second-order valence-electron chi connectivity index (χ2n) is 12.2. The number of unbranched alkanes of at least 4 members (excludes halogenated alkanes) is 15. The highest BCUT2D eigenvalue weighted by molar-refractivity contribution is 5.76. The van der Waals surface area contributed by atoms with Crippen LogP contribution < -0.4 is 5.32 Å². The molecule has 37 heavy (non-hydrogen) atoms. The molecule has 1 amide bonds. The molecule has 0 aliphatic heterocycles. The minimum absolute atomic E-state index is 0.00284. The Hall–Kier alpha value is -1.36. The molecular weight excluding hydrogens is 460 g/mol. The van der Waals surface area contributed by atoms with Gasteiger partial charge >= 0.3 is 5.97 Å². The standard InChI is InChI=1S/C32H62N2O3/c1-7-9-10-11-12-13-14-15-16-17-18-19-20-21-22-23-24-25-26-27-30(35)33-29(8-2)28-34(5,6)32(3,4)31(36)37/h15-16,29H,7-14,17-28H2,1-6H3,(H-,33,35,36,37)/p+1. The molecule has 218 valence electrons. The number of rotatable bonds is 25. The molecule has 0 radical (unpaired) electrons. The number of nitrogens with one attached hydrogen (secondary N) is 1. The topological polar surface area (TPSA) is 66.4 Å². The molecule has 5 heteroatoms. The summed E-state index contributed by atoms with van der Waals surface area (Å²) in [6, 6.07) is -0.00284. The maximum Gasteiger partial charge on any atom is 0.365 e. The Kier molecular flexibility index (Phi) is 20.8. The van der Waals surface area contributed by atoms with Crippen molar-refractivity contribution in [3.05, 3.63) is 12.2 Å². The quantitative estimate of drug-likeness (QED) is 0.0717. The van der Waals surface area contributed by atoms with Gasteiger partial charge in [0.2, 0.25) is 5.91 Å². The van der Waals surface area contributed by atoms with Gasteiger partial charge in [0.1, 0.15) is 0 Å². The Labute approximate surface area is 230 Å². The number of amides is 1. The molecule has 0 rings (SSSR count). The van der Waals surface area contributed by atoms with E-state index < -0.39 is 11.5 Å². The first-order valence-corrected chi connectivity index (χ1v) is 15.6. The molecule has 0 heterocycles. The summed E-state index contributed by atoms with van der Waals surface area (Å²) in [7, 11) is 3.86. The first kappa shape index (κ1) is 35.6. The van der Waals surface area contributed by atoms with Gasteiger partial charge in [-0.1, -0.05) is 103 Å². The fraction of sp³-hybridized carbons (Fsp3) is 0.875. The smallest absolute Gasteiger partial charge is 0.365 e. The van der Waals surface area contributed by atoms with Crippen LogP contribution in [0.3, 0.4) is 0 Å². The van der Waals surface area contributed by atoms with E-state index in [4.69, 9.17) is 0 Å². The summed E-state index contributed by atoms with van der Waals surface area (Å²) in [5.74, 6) is -0.717. The minimum Gasteiger partial charge on any atom is -0.477 e. The molecule has 5 nitrogen and oxygen atoms in total. The van der Waals surface area contributed by atoms with Crippen molar-refractivity contribution in [2.24, 2.45) is 0 Å². The molecule has 0 saturated heterocycles. The van der Waals surface area contributed by atoms with Crippen LogP contribution in [0.5, 0.6) is 0 Å². The molecule has 0 aromatic carbocycles. The number of likely N-dealkylation sites (N-methyl/N-ethyl adjacent to an activating group) is 1. The number of hydrogen-bond donors (Lipinski definition) is 2. The molecule has 0 bridgehead atoms. The van der Waals surface area contributed by atoms with Crippen LogP contribution in [0.4, 0.5) is 0 Å². The normalized spacial score (nSPS) is 13.2. The lowest BCUT2D eigenvalue weighted by molar-refractivity contribution is -0.929. The Morgan fingerprint density at radius 3 is 1.62 bits per heavy atom. The van der Waals surface area contributed by atoms with Gasteiger partial charge in [-0.25, -0.2) is 4.79 Å². The second-order valence-corrected chi connectivity index (χ2v) is 12.2. The maximum atomic E-state index is 12.4. The van der Waals surface area contributed by atoms with Gasteiger partial charge in [-0.15, -0.1) is 0 Å². The van der Waals surface area contributed by atoms with Crippen LogP contribution in [0, 0.1) is 0 Å². The average molecular weight is 524 g/mol. The third kappa shape index (κ3) is 17.7. The van der Waals surface area contributed by atoms with Gasteiger partial charge in [0.25, 0.3) is 0 Å². The Morgan fingerprint density at radius 1 is 0.757 bits per heavy atom. The van der Waals surface area contributed by atoms with E-state index in [0.717, 1.165) is 19.3 Å². The average Bonchev–Trinajstić information content (AvgIpc) is 2.84. The predicted octanol–water partition coefficient (Wildman–Crippen LogP) is 8.42. The number of nitrogens with zero attached hydrogens (tertiary/aromatic N) is 1. The number of aliphatic carboxylic acids is 1. The van der Waals surface area contributed by atoms with Crippen molar-refractivity contribution >= 4 is 11.9 Å². The van der Waals surface area contributed by atoms with Crippen LogP contribution in [-0.4, -0.2) is 53.7 Å². The number of carboxylic acids is 1. The van der Waals surface area contributed by atoms with Crippen LogP contribution in [0.15, 0.2) is 12.2 Å². The highest BCUT2D eigenvalue weighted by Crippen LogP contribution is 2.22. The van der Waals surface area contributed by atoms with Gasteiger partial charge in [-0.05, 0) is 38.5 Å². The predicted molar refractivity (Wildman–Crippen MR) is 159 cm³/mol. The van der Waals surface area contributed by atoms with E-state index in [9.17, 15) is 14.7 Å². The molecule has 0 saturated carbocycles. The number of carboxylic acid groups (broad SMARTS) is 1. The molecule has 0 spiro atoms. The summed E-state index contributed by atoms with van der Waals surface area (Å²) in [6.45, 7) is 8.43.